The molecule has 0 radical (unpaired) electrons. The quantitative estimate of drug-likeness (QED) is 0.395. The molecule has 0 bridgehead atoms. The average molecular weight is 386 g/mol. The van der Waals surface area contributed by atoms with Gasteiger partial charge in [-0.25, -0.2) is 0 Å². The highest BCUT2D eigenvalue weighted by Crippen LogP contribution is 2.45. The van der Waals surface area contributed by atoms with Crippen LogP contribution in [0.5, 0.6) is 5.75 Å². The lowest BCUT2D eigenvalue weighted by molar-refractivity contribution is -0.386. The van der Waals surface area contributed by atoms with Crippen molar-refractivity contribution in [1.82, 2.24) is 0 Å². The first-order valence-electron chi connectivity index (χ1n) is 8.82. The zero-order valence-electron chi connectivity index (χ0n) is 15.4. The van der Waals surface area contributed by atoms with Crippen LogP contribution in [0.3, 0.4) is 0 Å². The molecule has 0 saturated heterocycles. The smallest absolute Gasteiger partial charge is 0.312 e. The Bertz CT molecular complexity index is 622. The van der Waals surface area contributed by atoms with Gasteiger partial charge in [0, 0.05) is 11.1 Å². The fourth-order valence-electron chi connectivity index (χ4n) is 3.34. The molecule has 1 aliphatic rings. The van der Waals surface area contributed by atoms with Crippen molar-refractivity contribution in [3.63, 3.8) is 0 Å². The SMILES string of the molecule is CC(C)(CC1CCC(Oc2ccc(Cl)cc2[N+](=O)[O-])CC1)[Si](C)(C)O. The Morgan fingerprint density at radius 3 is 2.44 bits per heavy atom. The van der Waals surface area contributed by atoms with Crippen LogP contribution < -0.4 is 4.74 Å². The number of hydrogen-bond donors (Lipinski definition) is 1. The van der Waals surface area contributed by atoms with Gasteiger partial charge in [-0.2, -0.15) is 0 Å². The van der Waals surface area contributed by atoms with Gasteiger partial charge in [0.15, 0.2) is 14.1 Å². The van der Waals surface area contributed by atoms with Gasteiger partial charge in [-0.05, 0) is 68.3 Å². The highest BCUT2D eigenvalue weighted by Gasteiger charge is 2.40. The van der Waals surface area contributed by atoms with E-state index in [2.05, 4.69) is 13.8 Å². The standard InChI is InChI=1S/C18H28ClNO4Si/c1-18(2,25(3,4)23)12-13-5-8-15(9-6-13)24-17-10-7-14(19)11-16(17)20(21)22/h7,10-11,13,15,23H,5-6,8-9,12H2,1-4H3. The van der Waals surface area contributed by atoms with E-state index in [1.54, 1.807) is 12.1 Å². The molecule has 1 aliphatic carbocycles. The summed E-state index contributed by atoms with van der Waals surface area (Å²) in [7, 11) is -2.19. The van der Waals surface area contributed by atoms with Crippen molar-refractivity contribution in [2.24, 2.45) is 5.92 Å². The lowest BCUT2D eigenvalue weighted by atomic mass is 9.82. The fourth-order valence-corrected chi connectivity index (χ4v) is 4.29. The van der Waals surface area contributed by atoms with Crippen molar-refractivity contribution >= 4 is 25.6 Å². The maximum Gasteiger partial charge on any atom is 0.312 e. The van der Waals surface area contributed by atoms with Crippen molar-refractivity contribution in [2.45, 2.75) is 70.2 Å². The summed E-state index contributed by atoms with van der Waals surface area (Å²) >= 11 is 5.84. The minimum absolute atomic E-state index is 0.00128. The first-order chi connectivity index (χ1) is 11.5. The second-order valence-corrected chi connectivity index (χ2v) is 13.2. The summed E-state index contributed by atoms with van der Waals surface area (Å²) in [6, 6.07) is 4.53. The molecule has 1 aromatic carbocycles. The Hall–Kier alpha value is -1.11. The Morgan fingerprint density at radius 1 is 1.32 bits per heavy atom. The van der Waals surface area contributed by atoms with E-state index in [-0.39, 0.29) is 16.8 Å². The van der Waals surface area contributed by atoms with Crippen LogP contribution in [0.4, 0.5) is 5.69 Å². The van der Waals surface area contributed by atoms with Gasteiger partial charge in [-0.15, -0.1) is 0 Å². The third kappa shape index (κ3) is 5.18. The van der Waals surface area contributed by atoms with Gasteiger partial charge in [-0.1, -0.05) is 25.4 Å². The highest BCUT2D eigenvalue weighted by molar-refractivity contribution is 6.72. The van der Waals surface area contributed by atoms with Crippen LogP contribution in [0.15, 0.2) is 18.2 Å². The van der Waals surface area contributed by atoms with Gasteiger partial charge in [0.1, 0.15) is 0 Å². The molecule has 0 aliphatic heterocycles. The van der Waals surface area contributed by atoms with E-state index in [9.17, 15) is 14.9 Å². The number of ether oxygens (including phenoxy) is 1. The van der Waals surface area contributed by atoms with Crippen molar-refractivity contribution in [2.75, 3.05) is 0 Å². The third-order valence-corrected chi connectivity index (χ3v) is 9.41. The van der Waals surface area contributed by atoms with Crippen LogP contribution in [-0.2, 0) is 0 Å². The minimum atomic E-state index is -2.19. The van der Waals surface area contributed by atoms with Crippen molar-refractivity contribution < 1.29 is 14.5 Å². The largest absolute Gasteiger partial charge is 0.484 e. The van der Waals surface area contributed by atoms with Gasteiger partial charge in [0.25, 0.3) is 0 Å². The van der Waals surface area contributed by atoms with Gasteiger partial charge < -0.3 is 9.53 Å². The molecule has 0 atom stereocenters. The van der Waals surface area contributed by atoms with Gasteiger partial charge in [-0.3, -0.25) is 10.1 Å². The molecular formula is C18H28ClNO4Si. The normalized spacial score (nSPS) is 21.8. The number of nitro groups is 1. The molecule has 1 aromatic rings. The molecule has 1 saturated carbocycles. The Morgan fingerprint density at radius 2 is 1.92 bits per heavy atom. The molecule has 2 rings (SSSR count). The molecule has 7 heteroatoms. The van der Waals surface area contributed by atoms with Crippen molar-refractivity contribution in [3.05, 3.63) is 33.3 Å². The molecular weight excluding hydrogens is 358 g/mol. The number of nitrogens with zero attached hydrogens (tertiary/aromatic N) is 1. The van der Waals surface area contributed by atoms with Gasteiger partial charge in [0.2, 0.25) is 0 Å². The monoisotopic (exact) mass is 385 g/mol. The Balaban J connectivity index is 1.94. The van der Waals surface area contributed by atoms with Crippen molar-refractivity contribution in [1.29, 1.82) is 0 Å². The number of rotatable bonds is 6. The lowest BCUT2D eigenvalue weighted by Crippen LogP contribution is -2.40. The van der Waals surface area contributed by atoms with Crippen LogP contribution >= 0.6 is 11.6 Å². The predicted octanol–water partition coefficient (Wildman–Crippen LogP) is 5.55. The second kappa shape index (κ2) is 7.64. The number of hydrogen-bond acceptors (Lipinski definition) is 4. The van der Waals surface area contributed by atoms with Crippen molar-refractivity contribution in [3.8, 4) is 5.75 Å². The summed E-state index contributed by atoms with van der Waals surface area (Å²) in [4.78, 5) is 21.2. The maximum atomic E-state index is 11.2. The third-order valence-electron chi connectivity index (χ3n) is 5.66. The number of halogens is 1. The molecule has 0 heterocycles. The summed E-state index contributed by atoms with van der Waals surface area (Å²) in [6.45, 7) is 8.33. The van der Waals surface area contributed by atoms with Gasteiger partial charge >= 0.3 is 5.69 Å². The van der Waals surface area contributed by atoms with Crippen LogP contribution in [0.25, 0.3) is 0 Å². The predicted molar refractivity (Wildman–Crippen MR) is 103 cm³/mol. The van der Waals surface area contributed by atoms with E-state index in [4.69, 9.17) is 16.3 Å². The molecule has 0 spiro atoms. The lowest BCUT2D eigenvalue weighted by Gasteiger charge is -2.40. The van der Waals surface area contributed by atoms with E-state index in [0.717, 1.165) is 32.1 Å². The number of benzene rings is 1. The van der Waals surface area contributed by atoms with Gasteiger partial charge in [0.05, 0.1) is 11.0 Å². The van der Waals surface area contributed by atoms with E-state index in [1.165, 1.54) is 6.07 Å². The zero-order valence-corrected chi connectivity index (χ0v) is 17.2. The first-order valence-corrected chi connectivity index (χ1v) is 12.1. The first kappa shape index (κ1) is 20.2. The summed E-state index contributed by atoms with van der Waals surface area (Å²) in [6.07, 6.45) is 4.84. The molecule has 25 heavy (non-hydrogen) atoms. The summed E-state index contributed by atoms with van der Waals surface area (Å²) in [5.74, 6) is 0.871. The average Bonchev–Trinajstić information content (AvgIpc) is 2.49. The highest BCUT2D eigenvalue weighted by atomic mass is 35.5. The molecule has 0 aromatic heterocycles. The minimum Gasteiger partial charge on any atom is -0.484 e. The fraction of sp³-hybridized carbons (Fsp3) is 0.667. The summed E-state index contributed by atoms with van der Waals surface area (Å²) in [5, 5.41) is 11.5. The second-order valence-electron chi connectivity index (χ2n) is 8.28. The van der Waals surface area contributed by atoms with Crippen LogP contribution in [-0.4, -0.2) is 24.1 Å². The number of nitro benzene ring substituents is 1. The van der Waals surface area contributed by atoms with Crippen LogP contribution in [0.1, 0.15) is 46.0 Å². The van der Waals surface area contributed by atoms with E-state index in [1.807, 2.05) is 13.1 Å². The van der Waals surface area contributed by atoms with E-state index >= 15 is 0 Å². The maximum absolute atomic E-state index is 11.2. The summed E-state index contributed by atoms with van der Waals surface area (Å²) in [5.41, 5.74) is -0.0798. The molecule has 1 N–H and O–H groups in total. The zero-order chi connectivity index (χ0) is 18.8. The molecule has 0 unspecified atom stereocenters. The summed E-state index contributed by atoms with van der Waals surface area (Å²) < 4.78 is 5.91. The molecule has 0 amide bonds. The Labute approximate surface area is 155 Å². The van der Waals surface area contributed by atoms with Crippen LogP contribution in [0, 0.1) is 16.0 Å². The topological polar surface area (TPSA) is 72.6 Å². The van der Waals surface area contributed by atoms with E-state index < -0.39 is 13.2 Å². The molecule has 1 fully saturated rings. The van der Waals surface area contributed by atoms with Crippen LogP contribution in [0.2, 0.25) is 23.2 Å². The molecule has 5 nitrogen and oxygen atoms in total. The molecule has 140 valence electrons. The van der Waals surface area contributed by atoms with E-state index in [0.29, 0.717) is 16.7 Å². The Kier molecular flexibility index (Phi) is 6.17.